The zero-order valence-electron chi connectivity index (χ0n) is 6.29. The van der Waals surface area contributed by atoms with Gasteiger partial charge < -0.3 is 0 Å². The maximum atomic E-state index is 10.7. The highest BCUT2D eigenvalue weighted by atomic mass is 32.2. The number of hydrogen-bond acceptors (Lipinski definition) is 3. The van der Waals surface area contributed by atoms with Gasteiger partial charge in [-0.3, -0.25) is 4.72 Å². The second kappa shape index (κ2) is 2.83. The molecule has 0 atom stereocenters. The molecular weight excluding hydrogens is 182 g/mol. The third-order valence-corrected chi connectivity index (χ3v) is 2.50. The van der Waals surface area contributed by atoms with Crippen LogP contribution < -0.4 is 4.72 Å². The Balaban J connectivity index is 2.81. The number of hydrogen-bond donors (Lipinski definition) is 1. The molecule has 1 rings (SSSR count). The summed E-state index contributed by atoms with van der Waals surface area (Å²) in [5.41, 5.74) is 0.648. The molecule has 0 aliphatic carbocycles. The first-order chi connectivity index (χ1) is 4.97. The van der Waals surface area contributed by atoms with Crippen LogP contribution >= 0.6 is 11.3 Å². The second-order valence-corrected chi connectivity index (χ2v) is 5.18. The van der Waals surface area contributed by atoms with E-state index in [1.165, 1.54) is 11.3 Å². The fraction of sp³-hybridized carbons (Fsp3) is 0.333. The molecule has 0 amide bonds. The van der Waals surface area contributed by atoms with Crippen LogP contribution in [0.1, 0.15) is 4.88 Å². The highest BCUT2D eigenvalue weighted by Gasteiger charge is 2.01. The lowest BCUT2D eigenvalue weighted by Gasteiger charge is -1.97. The van der Waals surface area contributed by atoms with Crippen LogP contribution in [0.5, 0.6) is 0 Å². The lowest BCUT2D eigenvalue weighted by Crippen LogP contribution is -2.08. The van der Waals surface area contributed by atoms with Crippen molar-refractivity contribution in [1.82, 2.24) is 0 Å². The molecule has 1 aromatic heterocycles. The number of nitrogens with one attached hydrogen (secondary N) is 1. The maximum absolute atomic E-state index is 10.7. The van der Waals surface area contributed by atoms with Crippen molar-refractivity contribution in [3.05, 3.63) is 16.3 Å². The van der Waals surface area contributed by atoms with Crippen molar-refractivity contribution in [1.29, 1.82) is 0 Å². The van der Waals surface area contributed by atoms with Crippen molar-refractivity contribution < 1.29 is 8.42 Å². The van der Waals surface area contributed by atoms with Gasteiger partial charge in [0.15, 0.2) is 0 Å². The summed E-state index contributed by atoms with van der Waals surface area (Å²) < 4.78 is 23.8. The predicted molar refractivity (Wildman–Crippen MR) is 47.5 cm³/mol. The first-order valence-electron chi connectivity index (χ1n) is 3.00. The Kier molecular flexibility index (Phi) is 2.20. The van der Waals surface area contributed by atoms with Gasteiger partial charge in [-0.25, -0.2) is 8.42 Å². The summed E-state index contributed by atoms with van der Waals surface area (Å²) in [6, 6.07) is 1.80. The molecule has 62 valence electrons. The monoisotopic (exact) mass is 191 g/mol. The lowest BCUT2D eigenvalue weighted by atomic mass is 10.5. The molecule has 3 nitrogen and oxygen atoms in total. The summed E-state index contributed by atoms with van der Waals surface area (Å²) in [5.74, 6) is 0. The summed E-state index contributed by atoms with van der Waals surface area (Å²) >= 11 is 1.52. The van der Waals surface area contributed by atoms with E-state index in [4.69, 9.17) is 0 Å². The van der Waals surface area contributed by atoms with Gasteiger partial charge in [0.1, 0.15) is 0 Å². The highest BCUT2D eigenvalue weighted by Crippen LogP contribution is 2.18. The number of aryl methyl sites for hydroxylation is 1. The molecular formula is C6H9NO2S2. The number of rotatable bonds is 2. The second-order valence-electron chi connectivity index (χ2n) is 2.32. The maximum Gasteiger partial charge on any atom is 0.229 e. The fourth-order valence-corrected chi connectivity index (χ4v) is 1.97. The Morgan fingerprint density at radius 1 is 1.55 bits per heavy atom. The van der Waals surface area contributed by atoms with Crippen molar-refractivity contribution in [3.8, 4) is 0 Å². The SMILES string of the molecule is Cc1cc(NS(C)(=O)=O)cs1. The van der Waals surface area contributed by atoms with E-state index in [1.54, 1.807) is 11.4 Å². The number of anilines is 1. The van der Waals surface area contributed by atoms with Crippen molar-refractivity contribution in [3.63, 3.8) is 0 Å². The Morgan fingerprint density at radius 2 is 2.18 bits per heavy atom. The standard InChI is InChI=1S/C6H9NO2S2/c1-5-3-6(4-10-5)7-11(2,8)9/h3-4,7H,1-2H3. The van der Waals surface area contributed by atoms with E-state index in [1.807, 2.05) is 6.92 Å². The Bertz CT molecular complexity index is 339. The summed E-state index contributed by atoms with van der Waals surface area (Å²) in [6.45, 7) is 1.93. The van der Waals surface area contributed by atoms with Gasteiger partial charge in [0.05, 0.1) is 11.9 Å². The van der Waals surface area contributed by atoms with Gasteiger partial charge in [-0.05, 0) is 13.0 Å². The van der Waals surface area contributed by atoms with Gasteiger partial charge in [-0.15, -0.1) is 11.3 Å². The first kappa shape index (κ1) is 8.55. The highest BCUT2D eigenvalue weighted by molar-refractivity contribution is 7.92. The van der Waals surface area contributed by atoms with E-state index >= 15 is 0 Å². The molecule has 0 bridgehead atoms. The van der Waals surface area contributed by atoms with E-state index in [0.29, 0.717) is 5.69 Å². The fourth-order valence-electron chi connectivity index (χ4n) is 0.711. The largest absolute Gasteiger partial charge is 0.283 e. The van der Waals surface area contributed by atoms with Gasteiger partial charge in [0, 0.05) is 10.3 Å². The van der Waals surface area contributed by atoms with Crippen LogP contribution in [0.3, 0.4) is 0 Å². The normalized spacial score (nSPS) is 11.5. The molecule has 0 fully saturated rings. The van der Waals surface area contributed by atoms with Crippen LogP contribution in [0.4, 0.5) is 5.69 Å². The van der Waals surface area contributed by atoms with Crippen molar-refractivity contribution in [2.24, 2.45) is 0 Å². The minimum Gasteiger partial charge on any atom is -0.283 e. The molecule has 1 N–H and O–H groups in total. The van der Waals surface area contributed by atoms with Gasteiger partial charge >= 0.3 is 0 Å². The van der Waals surface area contributed by atoms with Crippen LogP contribution in [-0.4, -0.2) is 14.7 Å². The van der Waals surface area contributed by atoms with Crippen molar-refractivity contribution in [2.75, 3.05) is 11.0 Å². The molecule has 0 saturated carbocycles. The van der Waals surface area contributed by atoms with Gasteiger partial charge in [-0.2, -0.15) is 0 Å². The molecule has 1 aromatic rings. The van der Waals surface area contributed by atoms with Crippen LogP contribution in [0.15, 0.2) is 11.4 Å². The van der Waals surface area contributed by atoms with Gasteiger partial charge in [0.2, 0.25) is 10.0 Å². The Labute approximate surface area is 70.1 Å². The Hall–Kier alpha value is -0.550. The lowest BCUT2D eigenvalue weighted by molar-refractivity contribution is 0.607. The molecule has 5 heteroatoms. The third kappa shape index (κ3) is 2.90. The predicted octanol–water partition coefficient (Wildman–Crippen LogP) is 1.43. The van der Waals surface area contributed by atoms with Crippen LogP contribution in [0.25, 0.3) is 0 Å². The molecule has 1 heterocycles. The van der Waals surface area contributed by atoms with Gasteiger partial charge in [-0.1, -0.05) is 0 Å². The minimum absolute atomic E-state index is 0.648. The van der Waals surface area contributed by atoms with Crippen molar-refractivity contribution >= 4 is 27.0 Å². The number of sulfonamides is 1. The third-order valence-electron chi connectivity index (χ3n) is 1.03. The zero-order chi connectivity index (χ0) is 8.48. The van der Waals surface area contributed by atoms with E-state index in [0.717, 1.165) is 11.1 Å². The van der Waals surface area contributed by atoms with Crippen LogP contribution in [0, 0.1) is 6.92 Å². The van der Waals surface area contributed by atoms with E-state index in [9.17, 15) is 8.42 Å². The zero-order valence-corrected chi connectivity index (χ0v) is 7.92. The summed E-state index contributed by atoms with van der Waals surface area (Å²) in [5, 5.41) is 1.77. The molecule has 0 unspecified atom stereocenters. The molecule has 0 aliphatic rings. The topological polar surface area (TPSA) is 46.2 Å². The van der Waals surface area contributed by atoms with Crippen molar-refractivity contribution in [2.45, 2.75) is 6.92 Å². The molecule has 11 heavy (non-hydrogen) atoms. The molecule has 0 aliphatic heterocycles. The molecule has 0 radical (unpaired) electrons. The Morgan fingerprint density at radius 3 is 2.55 bits per heavy atom. The summed E-state index contributed by atoms with van der Waals surface area (Å²) in [6.07, 6.45) is 1.14. The minimum atomic E-state index is -3.11. The quantitative estimate of drug-likeness (QED) is 0.768. The smallest absolute Gasteiger partial charge is 0.229 e. The van der Waals surface area contributed by atoms with E-state index < -0.39 is 10.0 Å². The van der Waals surface area contributed by atoms with E-state index in [-0.39, 0.29) is 0 Å². The summed E-state index contributed by atoms with van der Waals surface area (Å²) in [4.78, 5) is 1.09. The first-order valence-corrected chi connectivity index (χ1v) is 5.77. The van der Waals surface area contributed by atoms with Crippen LogP contribution in [-0.2, 0) is 10.0 Å². The molecule has 0 aromatic carbocycles. The van der Waals surface area contributed by atoms with Gasteiger partial charge in [0.25, 0.3) is 0 Å². The number of thiophene rings is 1. The van der Waals surface area contributed by atoms with E-state index in [2.05, 4.69) is 4.72 Å². The average molecular weight is 191 g/mol. The molecule has 0 spiro atoms. The average Bonchev–Trinajstić information content (AvgIpc) is 2.10. The summed E-state index contributed by atoms with van der Waals surface area (Å²) in [7, 11) is -3.11. The molecule has 0 saturated heterocycles. The van der Waals surface area contributed by atoms with Crippen LogP contribution in [0.2, 0.25) is 0 Å².